The first-order valence-corrected chi connectivity index (χ1v) is 14.6. The quantitative estimate of drug-likeness (QED) is 0.162. The highest BCUT2D eigenvalue weighted by Crippen LogP contribution is 2.38. The van der Waals surface area contributed by atoms with E-state index in [2.05, 4.69) is 121 Å². The number of hydrogen-bond acceptors (Lipinski definition) is 4. The molecule has 0 spiro atoms. The molecule has 4 heteroatoms. The fraction of sp³-hybridized carbons (Fsp3) is 0.0500. The third-order valence-electron chi connectivity index (χ3n) is 7.68. The Kier molecular flexibility index (Phi) is 8.15. The zero-order valence-electron chi connectivity index (χ0n) is 24.7. The molecule has 6 rings (SSSR count). The molecule has 214 valence electrons. The Bertz CT molecular complexity index is 1750. The van der Waals surface area contributed by atoms with Crippen molar-refractivity contribution in [2.75, 3.05) is 9.80 Å². The van der Waals surface area contributed by atoms with Crippen LogP contribution in [0.2, 0.25) is 0 Å². The van der Waals surface area contributed by atoms with Crippen LogP contribution in [-0.2, 0) is 0 Å². The number of rotatable bonds is 9. The predicted molar refractivity (Wildman–Crippen MR) is 181 cm³/mol. The van der Waals surface area contributed by atoms with Crippen molar-refractivity contribution < 1.29 is 9.59 Å². The lowest BCUT2D eigenvalue weighted by molar-refractivity contribution is 0.111. The highest BCUT2D eigenvalue weighted by Gasteiger charge is 2.15. The number of benzene rings is 6. The largest absolute Gasteiger partial charge is 0.310 e. The molecule has 0 aliphatic heterocycles. The number of nitrogens with zero attached hydrogens (tertiary/aromatic N) is 2. The van der Waals surface area contributed by atoms with Crippen molar-refractivity contribution in [3.8, 4) is 11.1 Å². The predicted octanol–water partition coefficient (Wildman–Crippen LogP) is 10.5. The van der Waals surface area contributed by atoms with Gasteiger partial charge in [-0.15, -0.1) is 0 Å². The highest BCUT2D eigenvalue weighted by molar-refractivity contribution is 5.83. The average molecular weight is 573 g/mol. The van der Waals surface area contributed by atoms with E-state index in [1.807, 2.05) is 48.5 Å². The second-order valence-electron chi connectivity index (χ2n) is 10.9. The summed E-state index contributed by atoms with van der Waals surface area (Å²) in [4.78, 5) is 26.9. The first kappa shape index (κ1) is 28.4. The van der Waals surface area contributed by atoms with Gasteiger partial charge in [-0.3, -0.25) is 9.59 Å². The first-order valence-electron chi connectivity index (χ1n) is 14.6. The maximum atomic E-state index is 11.3. The molecular weight excluding hydrogens is 540 g/mol. The lowest BCUT2D eigenvalue weighted by Gasteiger charge is -2.26. The van der Waals surface area contributed by atoms with Crippen molar-refractivity contribution >= 4 is 46.7 Å². The van der Waals surface area contributed by atoms with Crippen LogP contribution in [0.4, 0.5) is 34.1 Å². The molecule has 0 amide bonds. The topological polar surface area (TPSA) is 40.6 Å². The summed E-state index contributed by atoms with van der Waals surface area (Å²) >= 11 is 0. The van der Waals surface area contributed by atoms with Crippen LogP contribution in [0.3, 0.4) is 0 Å². The third kappa shape index (κ3) is 6.06. The molecule has 6 aromatic carbocycles. The molecule has 0 saturated heterocycles. The number of aryl methyl sites for hydroxylation is 2. The second-order valence-corrected chi connectivity index (χ2v) is 10.9. The minimum absolute atomic E-state index is 0.649. The van der Waals surface area contributed by atoms with Gasteiger partial charge in [0.1, 0.15) is 12.6 Å². The number of aldehydes is 2. The summed E-state index contributed by atoms with van der Waals surface area (Å²) in [6.07, 6.45) is 1.73. The monoisotopic (exact) mass is 572 g/mol. The molecule has 0 atom stereocenters. The van der Waals surface area contributed by atoms with E-state index in [1.165, 1.54) is 11.1 Å². The van der Waals surface area contributed by atoms with Crippen molar-refractivity contribution in [1.82, 2.24) is 0 Å². The molecule has 0 aromatic heterocycles. The Morgan fingerprint density at radius 2 is 0.705 bits per heavy atom. The summed E-state index contributed by atoms with van der Waals surface area (Å²) in [6.45, 7) is 4.18. The zero-order chi connectivity index (χ0) is 30.5. The van der Waals surface area contributed by atoms with Gasteiger partial charge in [0.25, 0.3) is 0 Å². The van der Waals surface area contributed by atoms with E-state index in [4.69, 9.17) is 0 Å². The van der Waals surface area contributed by atoms with Crippen molar-refractivity contribution in [1.29, 1.82) is 0 Å². The second kappa shape index (κ2) is 12.6. The highest BCUT2D eigenvalue weighted by atomic mass is 16.1. The van der Waals surface area contributed by atoms with Crippen LogP contribution in [0.15, 0.2) is 146 Å². The number of carbonyl (C=O) groups is 2. The minimum atomic E-state index is 0.649. The molecule has 0 radical (unpaired) electrons. The van der Waals surface area contributed by atoms with E-state index in [-0.39, 0.29) is 0 Å². The molecule has 4 nitrogen and oxygen atoms in total. The smallest absolute Gasteiger partial charge is 0.150 e. The Balaban J connectivity index is 1.32. The van der Waals surface area contributed by atoms with Crippen molar-refractivity contribution in [2.24, 2.45) is 0 Å². The van der Waals surface area contributed by atoms with Gasteiger partial charge in [0.2, 0.25) is 0 Å². The van der Waals surface area contributed by atoms with Crippen molar-refractivity contribution in [3.63, 3.8) is 0 Å². The summed E-state index contributed by atoms with van der Waals surface area (Å²) in [6, 6.07) is 49.2. The van der Waals surface area contributed by atoms with Gasteiger partial charge >= 0.3 is 0 Å². The summed E-state index contributed by atoms with van der Waals surface area (Å²) in [7, 11) is 0. The maximum Gasteiger partial charge on any atom is 0.150 e. The van der Waals surface area contributed by atoms with E-state index in [0.717, 1.165) is 57.8 Å². The van der Waals surface area contributed by atoms with Gasteiger partial charge in [0.05, 0.1) is 0 Å². The number of anilines is 6. The van der Waals surface area contributed by atoms with Crippen LogP contribution in [-0.4, -0.2) is 12.6 Å². The van der Waals surface area contributed by atoms with Gasteiger partial charge in [0.15, 0.2) is 0 Å². The van der Waals surface area contributed by atoms with Crippen LogP contribution in [0.25, 0.3) is 11.1 Å². The van der Waals surface area contributed by atoms with Gasteiger partial charge in [-0.25, -0.2) is 0 Å². The Morgan fingerprint density at radius 1 is 0.386 bits per heavy atom. The van der Waals surface area contributed by atoms with Gasteiger partial charge < -0.3 is 9.80 Å². The fourth-order valence-corrected chi connectivity index (χ4v) is 5.44. The summed E-state index contributed by atoms with van der Waals surface area (Å²) in [5.74, 6) is 0. The average Bonchev–Trinajstić information content (AvgIpc) is 3.06. The summed E-state index contributed by atoms with van der Waals surface area (Å²) < 4.78 is 0. The van der Waals surface area contributed by atoms with Gasteiger partial charge in [0, 0.05) is 45.3 Å². The molecule has 44 heavy (non-hydrogen) atoms. The summed E-state index contributed by atoms with van der Waals surface area (Å²) in [5, 5.41) is 0. The molecule has 6 aromatic rings. The molecule has 0 heterocycles. The Labute approximate surface area is 258 Å². The molecule has 0 N–H and O–H groups in total. The minimum Gasteiger partial charge on any atom is -0.310 e. The first-order chi connectivity index (χ1) is 21.5. The Hall–Kier alpha value is -5.74. The number of carbonyl (C=O) groups excluding carboxylic acids is 2. The van der Waals surface area contributed by atoms with E-state index in [1.54, 1.807) is 0 Å². The van der Waals surface area contributed by atoms with Gasteiger partial charge in [-0.1, -0.05) is 48.5 Å². The SMILES string of the molecule is Cc1cccc(N(c2ccc(C=O)cc2)c2ccc(-c3ccc(N(c4ccc(C=O)cc4)c4cccc(C)c4)cc3)cc2)c1. The van der Waals surface area contributed by atoms with Crippen LogP contribution in [0.1, 0.15) is 31.8 Å². The maximum absolute atomic E-state index is 11.3. The third-order valence-corrected chi connectivity index (χ3v) is 7.68. The molecule has 0 fully saturated rings. The lowest BCUT2D eigenvalue weighted by Crippen LogP contribution is -2.10. The Morgan fingerprint density at radius 3 is 1.00 bits per heavy atom. The van der Waals surface area contributed by atoms with E-state index in [0.29, 0.717) is 11.1 Å². The van der Waals surface area contributed by atoms with Crippen molar-refractivity contribution in [3.05, 3.63) is 168 Å². The molecular formula is C40H32N2O2. The number of hydrogen-bond donors (Lipinski definition) is 0. The summed E-state index contributed by atoms with van der Waals surface area (Å²) in [5.41, 5.74) is 12.0. The van der Waals surface area contributed by atoms with E-state index < -0.39 is 0 Å². The molecule has 0 aliphatic carbocycles. The fourth-order valence-electron chi connectivity index (χ4n) is 5.44. The lowest BCUT2D eigenvalue weighted by atomic mass is 10.0. The van der Waals surface area contributed by atoms with Crippen LogP contribution >= 0.6 is 0 Å². The van der Waals surface area contributed by atoms with Crippen LogP contribution in [0, 0.1) is 13.8 Å². The standard InChI is InChI=1S/C40H32N2O2/c1-29-5-3-7-39(25-29)41(35-17-9-31(27-43)10-18-35)37-21-13-33(14-22-37)34-15-23-38(24-16-34)42(40-8-4-6-30(2)26-40)36-19-11-32(28-44)12-20-36/h3-28H,1-2H3. The van der Waals surface area contributed by atoms with Gasteiger partial charge in [-0.2, -0.15) is 0 Å². The van der Waals surface area contributed by atoms with Crippen LogP contribution in [0.5, 0.6) is 0 Å². The van der Waals surface area contributed by atoms with E-state index in [9.17, 15) is 9.59 Å². The van der Waals surface area contributed by atoms with Gasteiger partial charge in [-0.05, 0) is 133 Å². The molecule has 0 bridgehead atoms. The zero-order valence-corrected chi connectivity index (χ0v) is 24.7. The molecule has 0 aliphatic rings. The van der Waals surface area contributed by atoms with Crippen LogP contribution < -0.4 is 9.80 Å². The molecule has 0 saturated carbocycles. The normalized spacial score (nSPS) is 10.7. The van der Waals surface area contributed by atoms with Crippen molar-refractivity contribution in [2.45, 2.75) is 13.8 Å². The molecule has 0 unspecified atom stereocenters. The van der Waals surface area contributed by atoms with E-state index >= 15 is 0 Å².